The van der Waals surface area contributed by atoms with Gasteiger partial charge in [-0.25, -0.2) is 4.68 Å². The van der Waals surface area contributed by atoms with Gasteiger partial charge in [0.25, 0.3) is 0 Å². The largest absolute Gasteiger partial charge is 0.296 e. The van der Waals surface area contributed by atoms with E-state index in [-0.39, 0.29) is 11.4 Å². The van der Waals surface area contributed by atoms with Crippen LogP contribution >= 0.6 is 34.8 Å². The minimum absolute atomic E-state index is 0.0801. The van der Waals surface area contributed by atoms with E-state index in [0.29, 0.717) is 12.8 Å². The van der Waals surface area contributed by atoms with Crippen LogP contribution < -0.4 is 0 Å². The third kappa shape index (κ3) is 3.34. The van der Waals surface area contributed by atoms with Gasteiger partial charge in [0, 0.05) is 6.54 Å². The van der Waals surface area contributed by atoms with Crippen molar-refractivity contribution in [3.05, 3.63) is 11.4 Å². The molecule has 0 bridgehead atoms. The molecule has 1 aromatic heterocycles. The number of aromatic nitrogens is 3. The van der Waals surface area contributed by atoms with Crippen molar-refractivity contribution in [2.75, 3.05) is 0 Å². The average Bonchev–Trinajstić information content (AvgIpc) is 2.61. The molecule has 0 aliphatic rings. The minimum Gasteiger partial charge on any atom is -0.296 e. The van der Waals surface area contributed by atoms with Crippen LogP contribution in [0.5, 0.6) is 0 Å². The first-order chi connectivity index (χ1) is 7.50. The number of nitrogens with zero attached hydrogens (tertiary/aromatic N) is 3. The fraction of sp³-hybridized carbons (Fsp3) is 0.667. The average molecular weight is 285 g/mol. The van der Waals surface area contributed by atoms with Gasteiger partial charge < -0.3 is 0 Å². The Bertz CT molecular complexity index is 359. The third-order valence-electron chi connectivity index (χ3n) is 2.11. The summed E-state index contributed by atoms with van der Waals surface area (Å²) >= 11 is 17.3. The monoisotopic (exact) mass is 283 g/mol. The van der Waals surface area contributed by atoms with Gasteiger partial charge in [0.15, 0.2) is 12.0 Å². The summed E-state index contributed by atoms with van der Waals surface area (Å²) in [7, 11) is 0. The predicted molar refractivity (Wildman–Crippen MR) is 64.2 cm³/mol. The van der Waals surface area contributed by atoms with E-state index in [1.807, 2.05) is 0 Å². The van der Waals surface area contributed by atoms with Gasteiger partial charge in [0.1, 0.15) is 5.69 Å². The number of aldehydes is 1. The first kappa shape index (κ1) is 13.7. The normalized spacial score (nSPS) is 11.8. The van der Waals surface area contributed by atoms with E-state index < -0.39 is 3.79 Å². The highest BCUT2D eigenvalue weighted by Gasteiger charge is 2.32. The molecule has 0 N–H and O–H groups in total. The van der Waals surface area contributed by atoms with Crippen LogP contribution in [-0.4, -0.2) is 21.3 Å². The van der Waals surface area contributed by atoms with Crippen molar-refractivity contribution in [3.63, 3.8) is 0 Å². The summed E-state index contributed by atoms with van der Waals surface area (Å²) in [5.74, 6) is 0. The topological polar surface area (TPSA) is 47.8 Å². The van der Waals surface area contributed by atoms with Crippen molar-refractivity contribution < 1.29 is 4.79 Å². The number of hydrogen-bond acceptors (Lipinski definition) is 3. The highest BCUT2D eigenvalue weighted by Crippen LogP contribution is 2.39. The minimum atomic E-state index is -1.67. The fourth-order valence-corrected chi connectivity index (χ4v) is 1.95. The van der Waals surface area contributed by atoms with Crippen molar-refractivity contribution >= 4 is 41.1 Å². The van der Waals surface area contributed by atoms with E-state index in [1.54, 1.807) is 0 Å². The van der Waals surface area contributed by atoms with E-state index in [9.17, 15) is 4.79 Å². The van der Waals surface area contributed by atoms with Crippen molar-refractivity contribution in [2.45, 2.75) is 36.5 Å². The van der Waals surface area contributed by atoms with E-state index >= 15 is 0 Å². The van der Waals surface area contributed by atoms with Gasteiger partial charge in [-0.05, 0) is 6.42 Å². The van der Waals surface area contributed by atoms with Crippen LogP contribution in [0.2, 0.25) is 0 Å². The maximum atomic E-state index is 10.7. The molecule has 0 radical (unpaired) electrons. The fourth-order valence-electron chi connectivity index (χ4n) is 1.37. The summed E-state index contributed by atoms with van der Waals surface area (Å²) in [6.45, 7) is 2.69. The molecule has 4 nitrogen and oxygen atoms in total. The van der Waals surface area contributed by atoms with Crippen molar-refractivity contribution in [3.8, 4) is 0 Å². The van der Waals surface area contributed by atoms with Crippen LogP contribution in [0, 0.1) is 0 Å². The molecule has 0 atom stereocenters. The Hall–Kier alpha value is -0.320. The summed E-state index contributed by atoms with van der Waals surface area (Å²) in [5.41, 5.74) is 0.320. The van der Waals surface area contributed by atoms with Crippen LogP contribution in [-0.2, 0) is 10.3 Å². The van der Waals surface area contributed by atoms with Gasteiger partial charge in [0.05, 0.1) is 0 Å². The lowest BCUT2D eigenvalue weighted by Gasteiger charge is -2.13. The lowest BCUT2D eigenvalue weighted by atomic mass is 10.2. The van der Waals surface area contributed by atoms with Crippen molar-refractivity contribution in [1.82, 2.24) is 15.0 Å². The van der Waals surface area contributed by atoms with E-state index in [1.165, 1.54) is 4.68 Å². The molecule has 0 unspecified atom stereocenters. The Balaban J connectivity index is 2.92. The molecule has 0 saturated heterocycles. The van der Waals surface area contributed by atoms with Crippen LogP contribution in [0.3, 0.4) is 0 Å². The number of rotatable bonds is 5. The van der Waals surface area contributed by atoms with E-state index in [4.69, 9.17) is 34.8 Å². The summed E-state index contributed by atoms with van der Waals surface area (Å²) in [5, 5.41) is 7.48. The van der Waals surface area contributed by atoms with Gasteiger partial charge in [-0.15, -0.1) is 5.10 Å². The summed E-state index contributed by atoms with van der Waals surface area (Å²) < 4.78 is -0.196. The van der Waals surface area contributed by atoms with Gasteiger partial charge >= 0.3 is 0 Å². The Kier molecular flexibility index (Phi) is 5.02. The van der Waals surface area contributed by atoms with Crippen LogP contribution in [0.4, 0.5) is 0 Å². The highest BCUT2D eigenvalue weighted by atomic mass is 35.6. The molecule has 7 heteroatoms. The second-order valence-corrected chi connectivity index (χ2v) is 5.65. The van der Waals surface area contributed by atoms with Crippen LogP contribution in [0.1, 0.15) is 42.4 Å². The summed E-state index contributed by atoms with van der Waals surface area (Å²) in [4.78, 5) is 10.7. The molecule has 0 aliphatic carbocycles. The maximum absolute atomic E-state index is 10.7. The summed E-state index contributed by atoms with van der Waals surface area (Å²) in [6, 6.07) is 0. The number of carbonyl (C=O) groups excluding carboxylic acids is 1. The first-order valence-electron chi connectivity index (χ1n) is 4.96. The van der Waals surface area contributed by atoms with E-state index in [2.05, 4.69) is 17.2 Å². The lowest BCUT2D eigenvalue weighted by molar-refractivity contribution is 0.111. The predicted octanol–water partition coefficient (Wildman–Crippen LogP) is 3.11. The Labute approximate surface area is 109 Å². The molecule has 1 aromatic rings. The lowest BCUT2D eigenvalue weighted by Crippen LogP contribution is -2.14. The molecule has 16 heavy (non-hydrogen) atoms. The third-order valence-corrected chi connectivity index (χ3v) is 2.65. The van der Waals surface area contributed by atoms with Crippen LogP contribution in [0.25, 0.3) is 0 Å². The Morgan fingerprint density at radius 2 is 2.06 bits per heavy atom. The van der Waals surface area contributed by atoms with Gasteiger partial charge in [-0.3, -0.25) is 4.79 Å². The number of carbonyl (C=O) groups is 1. The van der Waals surface area contributed by atoms with Crippen molar-refractivity contribution in [1.29, 1.82) is 0 Å². The number of halogens is 3. The molecule has 1 heterocycles. The van der Waals surface area contributed by atoms with Gasteiger partial charge in [0.2, 0.25) is 3.79 Å². The summed E-state index contributed by atoms with van der Waals surface area (Å²) in [6.07, 6.45) is 3.58. The first-order valence-corrected chi connectivity index (χ1v) is 6.10. The molecule has 0 spiro atoms. The van der Waals surface area contributed by atoms with Crippen LogP contribution in [0.15, 0.2) is 0 Å². The Morgan fingerprint density at radius 3 is 2.56 bits per heavy atom. The number of hydrogen-bond donors (Lipinski definition) is 0. The highest BCUT2D eigenvalue weighted by molar-refractivity contribution is 6.66. The number of aryl methyl sites for hydroxylation is 1. The standard InChI is InChI=1S/C9H12Cl3N3O/c1-2-3-4-5-15-8(9(10,11)12)7(6-16)13-14-15/h6H,2-5H2,1H3. The van der Waals surface area contributed by atoms with Gasteiger partial charge in [-0.2, -0.15) is 0 Å². The smallest absolute Gasteiger partial charge is 0.234 e. The second-order valence-electron chi connectivity index (χ2n) is 3.37. The number of unbranched alkanes of at least 4 members (excludes halogenated alkanes) is 2. The quantitative estimate of drug-likeness (QED) is 0.474. The molecule has 0 aromatic carbocycles. The zero-order valence-corrected chi connectivity index (χ0v) is 11.1. The molecule has 0 fully saturated rings. The molecule has 90 valence electrons. The molecule has 0 saturated carbocycles. The number of alkyl halides is 3. The Morgan fingerprint density at radius 1 is 1.38 bits per heavy atom. The van der Waals surface area contributed by atoms with Crippen molar-refractivity contribution in [2.24, 2.45) is 0 Å². The molecule has 1 rings (SSSR count). The van der Waals surface area contributed by atoms with Gasteiger partial charge in [-0.1, -0.05) is 59.8 Å². The SMILES string of the molecule is CCCCCn1nnc(C=O)c1C(Cl)(Cl)Cl. The maximum Gasteiger partial charge on any atom is 0.234 e. The molecule has 0 amide bonds. The zero-order valence-electron chi connectivity index (χ0n) is 8.79. The zero-order chi connectivity index (χ0) is 12.2. The molecule has 0 aliphatic heterocycles. The second kappa shape index (κ2) is 5.84. The molecular formula is C9H12Cl3N3O. The van der Waals surface area contributed by atoms with E-state index in [0.717, 1.165) is 19.3 Å². The molecular weight excluding hydrogens is 272 g/mol.